The molecular formula is C24H27N3O2. The predicted molar refractivity (Wildman–Crippen MR) is 113 cm³/mol. The second-order valence-electron chi connectivity index (χ2n) is 7.52. The zero-order valence-electron chi connectivity index (χ0n) is 16.9. The molecule has 3 aromatic rings. The minimum Gasteiger partial charge on any atom is -0.377 e. The van der Waals surface area contributed by atoms with Crippen LogP contribution in [-0.4, -0.2) is 28.8 Å². The first-order valence-electron chi connectivity index (χ1n) is 10.3. The van der Waals surface area contributed by atoms with Gasteiger partial charge in [-0.1, -0.05) is 48.0 Å². The number of aromatic nitrogens is 2. The monoisotopic (exact) mass is 389 g/mol. The van der Waals surface area contributed by atoms with E-state index in [1.165, 1.54) is 11.3 Å². The molecule has 0 aliphatic heterocycles. The summed E-state index contributed by atoms with van der Waals surface area (Å²) in [5, 5.41) is 7.67. The van der Waals surface area contributed by atoms with Gasteiger partial charge in [0.1, 0.15) is 0 Å². The Hall–Kier alpha value is -2.92. The number of hydrogen-bond acceptors (Lipinski definition) is 3. The Bertz CT molecular complexity index is 962. The fourth-order valence-electron chi connectivity index (χ4n) is 3.74. The molecule has 5 heteroatoms. The average molecular weight is 389 g/mol. The van der Waals surface area contributed by atoms with E-state index in [0.717, 1.165) is 42.5 Å². The van der Waals surface area contributed by atoms with Gasteiger partial charge in [0.2, 0.25) is 0 Å². The Balaban J connectivity index is 1.32. The Labute approximate surface area is 171 Å². The van der Waals surface area contributed by atoms with E-state index in [0.29, 0.717) is 25.5 Å². The van der Waals surface area contributed by atoms with E-state index in [9.17, 15) is 4.79 Å². The summed E-state index contributed by atoms with van der Waals surface area (Å²) in [4.78, 5) is 12.7. The number of nitrogens with one attached hydrogen (secondary N) is 1. The van der Waals surface area contributed by atoms with Gasteiger partial charge in [-0.15, -0.1) is 0 Å². The molecule has 0 spiro atoms. The molecular weight excluding hydrogens is 362 g/mol. The molecule has 1 N–H and O–H groups in total. The number of carbonyl (C=O) groups excluding carboxylic acids is 1. The molecule has 29 heavy (non-hydrogen) atoms. The van der Waals surface area contributed by atoms with Gasteiger partial charge in [-0.05, 0) is 50.3 Å². The van der Waals surface area contributed by atoms with Gasteiger partial charge < -0.3 is 10.1 Å². The highest BCUT2D eigenvalue weighted by Gasteiger charge is 2.26. The van der Waals surface area contributed by atoms with Crippen LogP contribution in [0.4, 0.5) is 0 Å². The molecule has 0 radical (unpaired) electrons. The Kier molecular flexibility index (Phi) is 6.06. The van der Waals surface area contributed by atoms with Crippen LogP contribution in [-0.2, 0) is 24.2 Å². The second-order valence-corrected chi connectivity index (χ2v) is 7.52. The summed E-state index contributed by atoms with van der Waals surface area (Å²) in [6.45, 7) is 3.87. The van der Waals surface area contributed by atoms with Gasteiger partial charge in [-0.3, -0.25) is 4.79 Å². The molecule has 1 amide bonds. The molecule has 2 aromatic carbocycles. The highest BCUT2D eigenvalue weighted by molar-refractivity contribution is 5.94. The topological polar surface area (TPSA) is 56.2 Å². The van der Waals surface area contributed by atoms with E-state index in [4.69, 9.17) is 4.74 Å². The summed E-state index contributed by atoms with van der Waals surface area (Å²) in [7, 11) is 0. The summed E-state index contributed by atoms with van der Waals surface area (Å²) in [6.07, 6.45) is 3.74. The number of fused-ring (bicyclic) bond motifs is 1. The van der Waals surface area contributed by atoms with Crippen LogP contribution in [0.1, 0.15) is 45.7 Å². The highest BCUT2D eigenvalue weighted by Crippen LogP contribution is 2.27. The fraction of sp³-hybridized carbons (Fsp3) is 0.333. The van der Waals surface area contributed by atoms with Crippen LogP contribution in [0.2, 0.25) is 0 Å². The van der Waals surface area contributed by atoms with Crippen LogP contribution in [0.15, 0.2) is 54.6 Å². The van der Waals surface area contributed by atoms with Gasteiger partial charge in [0.15, 0.2) is 5.69 Å². The molecule has 0 fully saturated rings. The van der Waals surface area contributed by atoms with Crippen LogP contribution >= 0.6 is 0 Å². The molecule has 5 nitrogen and oxygen atoms in total. The number of benzene rings is 2. The second kappa shape index (κ2) is 9.05. The van der Waals surface area contributed by atoms with Crippen molar-refractivity contribution in [1.29, 1.82) is 0 Å². The third-order valence-electron chi connectivity index (χ3n) is 5.29. The van der Waals surface area contributed by atoms with Crippen LogP contribution in [0, 0.1) is 6.92 Å². The lowest BCUT2D eigenvalue weighted by Crippen LogP contribution is -2.26. The van der Waals surface area contributed by atoms with E-state index >= 15 is 0 Å². The van der Waals surface area contributed by atoms with Crippen LogP contribution < -0.4 is 5.32 Å². The van der Waals surface area contributed by atoms with E-state index in [2.05, 4.69) is 41.6 Å². The van der Waals surface area contributed by atoms with Crippen molar-refractivity contribution < 1.29 is 9.53 Å². The SMILES string of the molecule is Cc1ccc(-n2nc(C(=O)NCCCOCc3ccccc3)c3c2CCC3)cc1. The standard InChI is InChI=1S/C24H27N3O2/c1-18-11-13-20(14-12-18)27-22-10-5-9-21(22)23(26-27)24(28)25-15-6-16-29-17-19-7-3-2-4-8-19/h2-4,7-8,11-14H,5-6,9-10,15-17H2,1H3,(H,25,28). The van der Waals surface area contributed by atoms with E-state index in [-0.39, 0.29) is 5.91 Å². The van der Waals surface area contributed by atoms with Crippen molar-refractivity contribution in [2.75, 3.05) is 13.2 Å². The van der Waals surface area contributed by atoms with Crippen molar-refractivity contribution in [3.8, 4) is 5.69 Å². The lowest BCUT2D eigenvalue weighted by molar-refractivity contribution is 0.0928. The average Bonchev–Trinajstić information content (AvgIpc) is 3.35. The molecule has 0 atom stereocenters. The fourth-order valence-corrected chi connectivity index (χ4v) is 3.74. The number of hydrogen-bond donors (Lipinski definition) is 1. The first-order valence-corrected chi connectivity index (χ1v) is 10.3. The third-order valence-corrected chi connectivity index (χ3v) is 5.29. The maximum absolute atomic E-state index is 12.7. The molecule has 1 aromatic heterocycles. The number of aryl methyl sites for hydroxylation is 1. The highest BCUT2D eigenvalue weighted by atomic mass is 16.5. The number of carbonyl (C=O) groups is 1. The Morgan fingerprint density at radius 2 is 1.90 bits per heavy atom. The van der Waals surface area contributed by atoms with E-state index in [1.807, 2.05) is 35.0 Å². The van der Waals surface area contributed by atoms with Crippen molar-refractivity contribution in [2.24, 2.45) is 0 Å². The summed E-state index contributed by atoms with van der Waals surface area (Å²) >= 11 is 0. The number of rotatable bonds is 8. The lowest BCUT2D eigenvalue weighted by Gasteiger charge is -2.07. The molecule has 0 unspecified atom stereocenters. The van der Waals surface area contributed by atoms with Crippen molar-refractivity contribution in [2.45, 2.75) is 39.2 Å². The Morgan fingerprint density at radius 1 is 1.10 bits per heavy atom. The summed E-state index contributed by atoms with van der Waals surface area (Å²) < 4.78 is 7.63. The van der Waals surface area contributed by atoms with Gasteiger partial charge in [0.05, 0.1) is 12.3 Å². The van der Waals surface area contributed by atoms with Gasteiger partial charge in [-0.25, -0.2) is 4.68 Å². The predicted octanol–water partition coefficient (Wildman–Crippen LogP) is 4.01. The van der Waals surface area contributed by atoms with Crippen molar-refractivity contribution in [3.63, 3.8) is 0 Å². The Morgan fingerprint density at radius 3 is 2.69 bits per heavy atom. The molecule has 1 aliphatic rings. The third kappa shape index (κ3) is 4.57. The largest absolute Gasteiger partial charge is 0.377 e. The molecule has 1 heterocycles. The molecule has 0 bridgehead atoms. The van der Waals surface area contributed by atoms with Gasteiger partial charge in [0, 0.05) is 24.4 Å². The van der Waals surface area contributed by atoms with E-state index < -0.39 is 0 Å². The van der Waals surface area contributed by atoms with Crippen molar-refractivity contribution in [1.82, 2.24) is 15.1 Å². The van der Waals surface area contributed by atoms with Crippen LogP contribution in [0.3, 0.4) is 0 Å². The molecule has 150 valence electrons. The minimum atomic E-state index is -0.0860. The van der Waals surface area contributed by atoms with Crippen molar-refractivity contribution in [3.05, 3.63) is 82.7 Å². The summed E-state index contributed by atoms with van der Waals surface area (Å²) in [6, 6.07) is 18.4. The molecule has 1 aliphatic carbocycles. The first kappa shape index (κ1) is 19.4. The number of nitrogens with zero attached hydrogens (tertiary/aromatic N) is 2. The minimum absolute atomic E-state index is 0.0860. The zero-order chi connectivity index (χ0) is 20.1. The van der Waals surface area contributed by atoms with Crippen molar-refractivity contribution >= 4 is 5.91 Å². The maximum atomic E-state index is 12.7. The number of amides is 1. The molecule has 4 rings (SSSR count). The molecule has 0 saturated carbocycles. The molecule has 0 saturated heterocycles. The lowest BCUT2D eigenvalue weighted by atomic mass is 10.2. The van der Waals surface area contributed by atoms with Crippen LogP contribution in [0.25, 0.3) is 5.69 Å². The van der Waals surface area contributed by atoms with E-state index in [1.54, 1.807) is 0 Å². The maximum Gasteiger partial charge on any atom is 0.272 e. The van der Waals surface area contributed by atoms with Gasteiger partial charge in [-0.2, -0.15) is 5.10 Å². The summed E-state index contributed by atoms with van der Waals surface area (Å²) in [5.74, 6) is -0.0860. The summed E-state index contributed by atoms with van der Waals surface area (Å²) in [5.41, 5.74) is 6.23. The zero-order valence-corrected chi connectivity index (χ0v) is 16.9. The first-order chi connectivity index (χ1) is 14.2. The van der Waals surface area contributed by atoms with Crippen LogP contribution in [0.5, 0.6) is 0 Å². The normalized spacial score (nSPS) is 12.7. The quantitative estimate of drug-likeness (QED) is 0.593. The smallest absolute Gasteiger partial charge is 0.272 e. The van der Waals surface area contributed by atoms with Gasteiger partial charge >= 0.3 is 0 Å². The van der Waals surface area contributed by atoms with Gasteiger partial charge in [0.25, 0.3) is 5.91 Å². The number of ether oxygens (including phenoxy) is 1.